The zero-order valence-corrected chi connectivity index (χ0v) is 11.4. The summed E-state index contributed by atoms with van der Waals surface area (Å²) in [6.07, 6.45) is -0.552. The van der Waals surface area contributed by atoms with Gasteiger partial charge in [-0.1, -0.05) is 35.9 Å². The van der Waals surface area contributed by atoms with Crippen LogP contribution in [0.2, 0.25) is 5.02 Å². The van der Waals surface area contributed by atoms with Crippen LogP contribution in [0.5, 0.6) is 5.75 Å². The maximum atomic E-state index is 9.77. The van der Waals surface area contributed by atoms with Crippen LogP contribution in [0.1, 0.15) is 24.2 Å². The Morgan fingerprint density at radius 1 is 1.16 bits per heavy atom. The number of phenolic OH excluding ortho intramolecular Hbond substituents is 1. The molecule has 2 rings (SSSR count). The summed E-state index contributed by atoms with van der Waals surface area (Å²) < 4.78 is 0. The molecule has 0 amide bonds. The molecule has 0 spiro atoms. The topological polar surface area (TPSA) is 52.5 Å². The van der Waals surface area contributed by atoms with Gasteiger partial charge >= 0.3 is 0 Å². The van der Waals surface area contributed by atoms with Gasteiger partial charge in [-0.3, -0.25) is 0 Å². The Morgan fingerprint density at radius 2 is 1.89 bits per heavy atom. The second-order valence-corrected chi connectivity index (χ2v) is 4.76. The van der Waals surface area contributed by atoms with E-state index >= 15 is 0 Å². The molecule has 0 aliphatic carbocycles. The van der Waals surface area contributed by atoms with E-state index in [-0.39, 0.29) is 5.75 Å². The highest BCUT2D eigenvalue weighted by atomic mass is 35.5. The molecule has 0 fully saturated rings. The normalized spacial score (nSPS) is 12.2. The fourth-order valence-corrected chi connectivity index (χ4v) is 2.16. The van der Waals surface area contributed by atoms with E-state index in [1.54, 1.807) is 25.1 Å². The van der Waals surface area contributed by atoms with E-state index < -0.39 is 6.10 Å². The Hall–Kier alpha value is -1.71. The number of phenols is 1. The summed E-state index contributed by atoms with van der Waals surface area (Å²) in [4.78, 5) is 0. The number of rotatable bonds is 4. The first-order valence-electron chi connectivity index (χ1n) is 6.07. The number of nitrogens with one attached hydrogen (secondary N) is 1. The third-order valence-electron chi connectivity index (χ3n) is 2.96. The van der Waals surface area contributed by atoms with Gasteiger partial charge in [0.05, 0.1) is 6.10 Å². The number of aromatic hydroxyl groups is 1. The van der Waals surface area contributed by atoms with Crippen LogP contribution in [-0.4, -0.2) is 10.2 Å². The number of hydrogen-bond acceptors (Lipinski definition) is 3. The molecule has 100 valence electrons. The van der Waals surface area contributed by atoms with Crippen LogP contribution in [0.4, 0.5) is 5.69 Å². The first-order valence-corrected chi connectivity index (χ1v) is 6.44. The van der Waals surface area contributed by atoms with Crippen LogP contribution in [-0.2, 0) is 6.54 Å². The highest BCUT2D eigenvalue weighted by Gasteiger charge is 2.09. The number of aliphatic hydroxyl groups excluding tert-OH is 1. The minimum absolute atomic E-state index is 0.162. The molecule has 1 atom stereocenters. The number of hydrogen-bond donors (Lipinski definition) is 3. The van der Waals surface area contributed by atoms with E-state index in [0.717, 1.165) is 11.3 Å². The van der Waals surface area contributed by atoms with Crippen molar-refractivity contribution in [3.05, 3.63) is 58.6 Å². The lowest BCUT2D eigenvalue weighted by Gasteiger charge is -2.15. The summed E-state index contributed by atoms with van der Waals surface area (Å²) in [5.41, 5.74) is 2.29. The van der Waals surface area contributed by atoms with Crippen molar-refractivity contribution in [2.24, 2.45) is 0 Å². The first-order chi connectivity index (χ1) is 9.09. The fraction of sp³-hybridized carbons (Fsp3) is 0.200. The smallest absolute Gasteiger partial charge is 0.122 e. The lowest BCUT2D eigenvalue weighted by molar-refractivity contribution is 0.200. The minimum atomic E-state index is -0.552. The van der Waals surface area contributed by atoms with Crippen molar-refractivity contribution < 1.29 is 10.2 Å². The summed E-state index contributed by atoms with van der Waals surface area (Å²) in [6.45, 7) is 2.11. The first kappa shape index (κ1) is 13.7. The lowest BCUT2D eigenvalue weighted by Crippen LogP contribution is -2.04. The average molecular weight is 278 g/mol. The van der Waals surface area contributed by atoms with Crippen LogP contribution in [0.3, 0.4) is 0 Å². The van der Waals surface area contributed by atoms with Crippen molar-refractivity contribution in [3.8, 4) is 5.75 Å². The number of benzene rings is 2. The Balaban J connectivity index is 2.19. The molecule has 2 aromatic carbocycles. The van der Waals surface area contributed by atoms with Gasteiger partial charge in [0.15, 0.2) is 0 Å². The Labute approximate surface area is 117 Å². The molecule has 0 saturated carbocycles. The fourth-order valence-electron chi connectivity index (χ4n) is 1.93. The minimum Gasteiger partial charge on any atom is -0.508 e. The van der Waals surface area contributed by atoms with Crippen molar-refractivity contribution >= 4 is 17.3 Å². The monoisotopic (exact) mass is 277 g/mol. The molecule has 0 saturated heterocycles. The zero-order chi connectivity index (χ0) is 13.8. The summed E-state index contributed by atoms with van der Waals surface area (Å²) in [5.74, 6) is 0.162. The molecule has 19 heavy (non-hydrogen) atoms. The van der Waals surface area contributed by atoms with E-state index in [2.05, 4.69) is 5.32 Å². The summed E-state index contributed by atoms with van der Waals surface area (Å²) in [5, 5.41) is 23.2. The number of anilines is 1. The SMILES string of the molecule is CC(O)c1ccccc1NCc1c(O)cccc1Cl. The van der Waals surface area contributed by atoms with Crippen LogP contribution in [0.25, 0.3) is 0 Å². The summed E-state index contributed by atoms with van der Waals surface area (Å²) in [6, 6.07) is 12.5. The van der Waals surface area contributed by atoms with E-state index in [1.807, 2.05) is 24.3 Å². The maximum Gasteiger partial charge on any atom is 0.122 e. The highest BCUT2D eigenvalue weighted by molar-refractivity contribution is 6.31. The second kappa shape index (κ2) is 5.95. The molecule has 1 unspecified atom stereocenters. The maximum absolute atomic E-state index is 9.77. The molecule has 0 aliphatic rings. The molecular weight excluding hydrogens is 262 g/mol. The van der Waals surface area contributed by atoms with Crippen molar-refractivity contribution in [2.75, 3.05) is 5.32 Å². The van der Waals surface area contributed by atoms with E-state index in [0.29, 0.717) is 17.1 Å². The van der Waals surface area contributed by atoms with Gasteiger partial charge in [-0.2, -0.15) is 0 Å². The summed E-state index contributed by atoms with van der Waals surface area (Å²) in [7, 11) is 0. The van der Waals surface area contributed by atoms with Gasteiger partial charge in [-0.05, 0) is 25.1 Å². The van der Waals surface area contributed by atoms with Gasteiger partial charge in [-0.25, -0.2) is 0 Å². The number of halogens is 1. The standard InChI is InChI=1S/C15H16ClNO2/c1-10(18)11-5-2-3-7-14(11)17-9-12-13(16)6-4-8-15(12)19/h2-8,10,17-19H,9H2,1H3. The van der Waals surface area contributed by atoms with Crippen molar-refractivity contribution in [3.63, 3.8) is 0 Å². The molecular formula is C15H16ClNO2. The largest absolute Gasteiger partial charge is 0.508 e. The number of aliphatic hydroxyl groups is 1. The zero-order valence-electron chi connectivity index (χ0n) is 10.6. The van der Waals surface area contributed by atoms with E-state index in [1.165, 1.54) is 0 Å². The van der Waals surface area contributed by atoms with Gasteiger partial charge in [-0.15, -0.1) is 0 Å². The molecule has 0 aliphatic heterocycles. The Bertz CT molecular complexity index is 550. The van der Waals surface area contributed by atoms with Crippen molar-refractivity contribution in [1.82, 2.24) is 0 Å². The lowest BCUT2D eigenvalue weighted by atomic mass is 10.1. The predicted molar refractivity (Wildman–Crippen MR) is 77.5 cm³/mol. The molecule has 0 aromatic heterocycles. The van der Waals surface area contributed by atoms with E-state index in [9.17, 15) is 10.2 Å². The summed E-state index contributed by atoms with van der Waals surface area (Å²) >= 11 is 6.05. The van der Waals surface area contributed by atoms with Crippen LogP contribution in [0, 0.1) is 0 Å². The highest BCUT2D eigenvalue weighted by Crippen LogP contribution is 2.28. The molecule has 3 nitrogen and oxygen atoms in total. The van der Waals surface area contributed by atoms with Gasteiger partial charge in [0.1, 0.15) is 5.75 Å². The second-order valence-electron chi connectivity index (χ2n) is 4.35. The number of para-hydroxylation sites is 1. The molecule has 0 radical (unpaired) electrons. The van der Waals surface area contributed by atoms with Gasteiger partial charge in [0.25, 0.3) is 0 Å². The Morgan fingerprint density at radius 3 is 2.58 bits per heavy atom. The quantitative estimate of drug-likeness (QED) is 0.798. The molecule has 4 heteroatoms. The predicted octanol–water partition coefficient (Wildman–Crippen LogP) is 3.71. The third kappa shape index (κ3) is 3.19. The van der Waals surface area contributed by atoms with Gasteiger partial charge < -0.3 is 15.5 Å². The van der Waals surface area contributed by atoms with E-state index in [4.69, 9.17) is 11.6 Å². The third-order valence-corrected chi connectivity index (χ3v) is 3.31. The molecule has 0 heterocycles. The Kier molecular flexibility index (Phi) is 4.30. The molecule has 0 bridgehead atoms. The van der Waals surface area contributed by atoms with Gasteiger partial charge in [0.2, 0.25) is 0 Å². The van der Waals surface area contributed by atoms with Crippen LogP contribution >= 0.6 is 11.6 Å². The average Bonchev–Trinajstić information content (AvgIpc) is 2.38. The van der Waals surface area contributed by atoms with Crippen LogP contribution < -0.4 is 5.32 Å². The van der Waals surface area contributed by atoms with Crippen molar-refractivity contribution in [2.45, 2.75) is 19.6 Å². The van der Waals surface area contributed by atoms with Gasteiger partial charge in [0, 0.05) is 28.4 Å². The molecule has 2 aromatic rings. The van der Waals surface area contributed by atoms with Crippen molar-refractivity contribution in [1.29, 1.82) is 0 Å². The molecule has 3 N–H and O–H groups in total. The van der Waals surface area contributed by atoms with Crippen LogP contribution in [0.15, 0.2) is 42.5 Å².